The van der Waals surface area contributed by atoms with Crippen LogP contribution in [0.3, 0.4) is 0 Å². The summed E-state index contributed by atoms with van der Waals surface area (Å²) in [6, 6.07) is 8.80. The number of benzene rings is 1. The van der Waals surface area contributed by atoms with Crippen molar-refractivity contribution in [1.82, 2.24) is 10.3 Å². The number of aryl methyl sites for hydroxylation is 3. The number of thiazole rings is 1. The van der Waals surface area contributed by atoms with Gasteiger partial charge in [0.15, 0.2) is 0 Å². The van der Waals surface area contributed by atoms with Gasteiger partial charge in [-0.15, -0.1) is 11.3 Å². The third-order valence-corrected chi connectivity index (χ3v) is 5.53. The van der Waals surface area contributed by atoms with Crippen LogP contribution >= 0.6 is 11.3 Å². The van der Waals surface area contributed by atoms with Crippen LogP contribution in [0.4, 0.5) is 0 Å². The molecule has 0 bridgehead atoms. The Morgan fingerprint density at radius 2 is 2.05 bits per heavy atom. The summed E-state index contributed by atoms with van der Waals surface area (Å²) in [7, 11) is 2.06. The van der Waals surface area contributed by atoms with Crippen molar-refractivity contribution in [2.24, 2.45) is 0 Å². The van der Waals surface area contributed by atoms with Gasteiger partial charge in [-0.25, -0.2) is 4.98 Å². The molecule has 19 heavy (non-hydrogen) atoms. The van der Waals surface area contributed by atoms with Crippen LogP contribution in [0.15, 0.2) is 24.3 Å². The molecular formula is C16H20N2S. The Labute approximate surface area is 118 Å². The molecule has 2 nitrogen and oxygen atoms in total. The Morgan fingerprint density at radius 1 is 1.26 bits per heavy atom. The minimum atomic E-state index is -0.0848. The molecule has 0 fully saturated rings. The van der Waals surface area contributed by atoms with Crippen LogP contribution in [0, 0.1) is 13.8 Å². The van der Waals surface area contributed by atoms with Crippen molar-refractivity contribution in [3.05, 3.63) is 51.0 Å². The second-order valence-electron chi connectivity index (χ2n) is 5.33. The molecule has 3 heteroatoms. The van der Waals surface area contributed by atoms with E-state index in [2.05, 4.69) is 50.5 Å². The molecule has 0 spiro atoms. The van der Waals surface area contributed by atoms with Gasteiger partial charge < -0.3 is 5.32 Å². The summed E-state index contributed by atoms with van der Waals surface area (Å²) in [4.78, 5) is 6.16. The summed E-state index contributed by atoms with van der Waals surface area (Å²) in [5.41, 5.74) is 3.96. The fourth-order valence-electron chi connectivity index (χ4n) is 3.08. The largest absolute Gasteiger partial charge is 0.305 e. The van der Waals surface area contributed by atoms with Gasteiger partial charge in [0.1, 0.15) is 5.01 Å². The normalized spacial score (nSPS) is 22.3. The molecule has 1 aromatic heterocycles. The van der Waals surface area contributed by atoms with Crippen LogP contribution in [0.5, 0.6) is 0 Å². The first-order valence-electron chi connectivity index (χ1n) is 6.89. The average molecular weight is 272 g/mol. The smallest absolute Gasteiger partial charge is 0.118 e. The fourth-order valence-corrected chi connectivity index (χ4v) is 4.23. The summed E-state index contributed by atoms with van der Waals surface area (Å²) in [5, 5.41) is 4.80. The quantitative estimate of drug-likeness (QED) is 0.904. The monoisotopic (exact) mass is 272 g/mol. The topological polar surface area (TPSA) is 24.9 Å². The number of fused-ring (bicyclic) bond motifs is 1. The number of nitrogens with zero attached hydrogens (tertiary/aromatic N) is 1. The van der Waals surface area contributed by atoms with Crippen molar-refractivity contribution in [1.29, 1.82) is 0 Å². The summed E-state index contributed by atoms with van der Waals surface area (Å²) < 4.78 is 0. The van der Waals surface area contributed by atoms with Gasteiger partial charge in [0, 0.05) is 4.88 Å². The third-order valence-electron chi connectivity index (χ3n) is 4.30. The molecular weight excluding hydrogens is 252 g/mol. The Hall–Kier alpha value is -1.19. The van der Waals surface area contributed by atoms with Gasteiger partial charge in [-0.05, 0) is 51.3 Å². The Bertz CT molecular complexity index is 583. The molecule has 0 saturated carbocycles. The van der Waals surface area contributed by atoms with Gasteiger partial charge in [-0.1, -0.05) is 24.3 Å². The Balaban J connectivity index is 2.20. The molecule has 0 saturated heterocycles. The van der Waals surface area contributed by atoms with Crippen molar-refractivity contribution in [3.63, 3.8) is 0 Å². The summed E-state index contributed by atoms with van der Waals surface area (Å²) in [6.07, 6.45) is 3.53. The molecule has 3 rings (SSSR count). The van der Waals surface area contributed by atoms with Crippen molar-refractivity contribution in [2.45, 2.75) is 38.6 Å². The number of hydrogen-bond acceptors (Lipinski definition) is 3. The van der Waals surface area contributed by atoms with Crippen LogP contribution in [-0.2, 0) is 12.0 Å². The first kappa shape index (κ1) is 12.8. The second kappa shape index (κ2) is 4.73. The molecule has 1 aromatic carbocycles. The van der Waals surface area contributed by atoms with Crippen LogP contribution in [-0.4, -0.2) is 12.0 Å². The maximum atomic E-state index is 4.83. The molecule has 0 radical (unpaired) electrons. The number of rotatable bonds is 2. The van der Waals surface area contributed by atoms with E-state index in [9.17, 15) is 0 Å². The molecule has 0 aliphatic heterocycles. The standard InChI is InChI=1S/C16H20N2S/c1-11-12(2)19-15(18-11)16(17-3)10-6-8-13-7-4-5-9-14(13)16/h4-5,7,9,17H,6,8,10H2,1-3H3. The maximum Gasteiger partial charge on any atom is 0.118 e. The highest BCUT2D eigenvalue weighted by atomic mass is 32.1. The third kappa shape index (κ3) is 1.92. The van der Waals surface area contributed by atoms with Gasteiger partial charge >= 0.3 is 0 Å². The van der Waals surface area contributed by atoms with Gasteiger partial charge in [0.25, 0.3) is 0 Å². The highest BCUT2D eigenvalue weighted by Gasteiger charge is 2.39. The number of nitrogens with one attached hydrogen (secondary N) is 1. The predicted octanol–water partition coefficient (Wildman–Crippen LogP) is 3.56. The maximum absolute atomic E-state index is 4.83. The minimum Gasteiger partial charge on any atom is -0.305 e. The molecule has 2 aromatic rings. The molecule has 1 aliphatic rings. The SMILES string of the molecule is CNC1(c2nc(C)c(C)s2)CCCc2ccccc21. The molecule has 1 heterocycles. The predicted molar refractivity (Wildman–Crippen MR) is 80.8 cm³/mol. The van der Waals surface area contributed by atoms with Gasteiger partial charge in [0.2, 0.25) is 0 Å². The minimum absolute atomic E-state index is 0.0848. The van der Waals surface area contributed by atoms with Gasteiger partial charge in [0.05, 0.1) is 11.2 Å². The van der Waals surface area contributed by atoms with E-state index >= 15 is 0 Å². The summed E-state index contributed by atoms with van der Waals surface area (Å²) in [6.45, 7) is 4.27. The van der Waals surface area contributed by atoms with E-state index in [0.29, 0.717) is 0 Å². The summed E-state index contributed by atoms with van der Waals surface area (Å²) in [5.74, 6) is 0. The first-order chi connectivity index (χ1) is 9.17. The lowest BCUT2D eigenvalue weighted by Crippen LogP contribution is -2.43. The highest BCUT2D eigenvalue weighted by Crippen LogP contribution is 2.42. The second-order valence-corrected chi connectivity index (χ2v) is 6.53. The van der Waals surface area contributed by atoms with Crippen LogP contribution in [0.2, 0.25) is 0 Å². The highest BCUT2D eigenvalue weighted by molar-refractivity contribution is 7.11. The molecule has 1 N–H and O–H groups in total. The van der Waals surface area contributed by atoms with Crippen molar-refractivity contribution in [3.8, 4) is 0 Å². The van der Waals surface area contributed by atoms with Crippen molar-refractivity contribution >= 4 is 11.3 Å². The molecule has 1 aliphatic carbocycles. The molecule has 1 atom stereocenters. The lowest BCUT2D eigenvalue weighted by molar-refractivity contribution is 0.368. The van der Waals surface area contributed by atoms with E-state index in [1.54, 1.807) is 0 Å². The van der Waals surface area contributed by atoms with E-state index in [1.807, 2.05) is 11.3 Å². The fraction of sp³-hybridized carbons (Fsp3) is 0.438. The Kier molecular flexibility index (Phi) is 3.19. The number of aromatic nitrogens is 1. The van der Waals surface area contributed by atoms with E-state index in [-0.39, 0.29) is 5.54 Å². The Morgan fingerprint density at radius 3 is 2.74 bits per heavy atom. The van der Waals surface area contributed by atoms with Crippen LogP contribution in [0.25, 0.3) is 0 Å². The van der Waals surface area contributed by atoms with E-state index in [1.165, 1.54) is 33.9 Å². The van der Waals surface area contributed by atoms with Crippen molar-refractivity contribution < 1.29 is 0 Å². The lowest BCUT2D eigenvalue weighted by Gasteiger charge is -2.37. The first-order valence-corrected chi connectivity index (χ1v) is 7.71. The van der Waals surface area contributed by atoms with E-state index in [0.717, 1.165) is 12.1 Å². The zero-order chi connectivity index (χ0) is 13.5. The van der Waals surface area contributed by atoms with Crippen LogP contribution in [0.1, 0.15) is 39.5 Å². The van der Waals surface area contributed by atoms with Crippen LogP contribution < -0.4 is 5.32 Å². The number of hydrogen-bond donors (Lipinski definition) is 1. The summed E-state index contributed by atoms with van der Waals surface area (Å²) >= 11 is 1.83. The lowest BCUT2D eigenvalue weighted by atomic mass is 9.77. The molecule has 100 valence electrons. The average Bonchev–Trinajstić information content (AvgIpc) is 2.78. The van der Waals surface area contributed by atoms with Crippen molar-refractivity contribution in [2.75, 3.05) is 7.05 Å². The zero-order valence-corrected chi connectivity index (χ0v) is 12.6. The van der Waals surface area contributed by atoms with E-state index in [4.69, 9.17) is 4.98 Å². The van der Waals surface area contributed by atoms with E-state index < -0.39 is 0 Å². The zero-order valence-electron chi connectivity index (χ0n) is 11.8. The molecule has 1 unspecified atom stereocenters. The van der Waals surface area contributed by atoms with Gasteiger partial charge in [-0.3, -0.25) is 0 Å². The van der Waals surface area contributed by atoms with Gasteiger partial charge in [-0.2, -0.15) is 0 Å². The molecule has 0 amide bonds.